The normalized spacial score (nSPS) is 18.1. The molecule has 2 heterocycles. The van der Waals surface area contributed by atoms with Crippen molar-refractivity contribution in [1.82, 2.24) is 24.5 Å². The first kappa shape index (κ1) is 13.5. The summed E-state index contributed by atoms with van der Waals surface area (Å²) in [6.07, 6.45) is 2.97. The first-order chi connectivity index (χ1) is 8.58. The molecular formula is C10H19N5O2S. The lowest BCUT2D eigenvalue weighted by Gasteiger charge is -2.26. The summed E-state index contributed by atoms with van der Waals surface area (Å²) in [5.41, 5.74) is 0. The van der Waals surface area contributed by atoms with Crippen LogP contribution in [0.15, 0.2) is 17.6 Å². The molecule has 1 aromatic rings. The van der Waals surface area contributed by atoms with E-state index in [4.69, 9.17) is 0 Å². The fraction of sp³-hybridized carbons (Fsp3) is 0.700. The van der Waals surface area contributed by atoms with Crippen molar-refractivity contribution in [2.75, 3.05) is 39.3 Å². The third-order valence-corrected chi connectivity index (χ3v) is 4.23. The summed E-state index contributed by atoms with van der Waals surface area (Å²) in [6.45, 7) is 5.00. The Morgan fingerprint density at radius 1 is 1.44 bits per heavy atom. The number of nitrogens with one attached hydrogen (secondary N) is 2. The maximum absolute atomic E-state index is 11.9. The molecule has 2 rings (SSSR count). The lowest BCUT2D eigenvalue weighted by Crippen LogP contribution is -2.46. The van der Waals surface area contributed by atoms with Crippen LogP contribution in [0, 0.1) is 0 Å². The van der Waals surface area contributed by atoms with E-state index in [-0.39, 0.29) is 5.03 Å². The summed E-state index contributed by atoms with van der Waals surface area (Å²) in [4.78, 5) is 6.08. The third-order valence-electron chi connectivity index (χ3n) is 2.89. The van der Waals surface area contributed by atoms with Gasteiger partial charge in [0.25, 0.3) is 10.0 Å². The second-order valence-electron chi connectivity index (χ2n) is 4.37. The monoisotopic (exact) mass is 273 g/mol. The number of piperazine rings is 1. The van der Waals surface area contributed by atoms with Crippen molar-refractivity contribution < 1.29 is 8.42 Å². The molecule has 1 aliphatic rings. The largest absolute Gasteiger partial charge is 0.339 e. The highest BCUT2D eigenvalue weighted by molar-refractivity contribution is 7.89. The second-order valence-corrected chi connectivity index (χ2v) is 6.08. The average molecular weight is 273 g/mol. The molecular weight excluding hydrogens is 254 g/mol. The Labute approximate surface area is 107 Å². The van der Waals surface area contributed by atoms with Crippen LogP contribution in [0.1, 0.15) is 0 Å². The molecule has 0 atom stereocenters. The van der Waals surface area contributed by atoms with Crippen LogP contribution in [0.4, 0.5) is 0 Å². The van der Waals surface area contributed by atoms with E-state index >= 15 is 0 Å². The molecule has 8 heteroatoms. The van der Waals surface area contributed by atoms with Gasteiger partial charge in [0.15, 0.2) is 5.03 Å². The number of hydrogen-bond donors (Lipinski definition) is 2. The van der Waals surface area contributed by atoms with Gasteiger partial charge in [-0.1, -0.05) is 0 Å². The van der Waals surface area contributed by atoms with E-state index in [9.17, 15) is 8.42 Å². The SMILES string of the molecule is Cn1cnc(S(=O)(=O)NCCN2CCNCC2)c1. The van der Waals surface area contributed by atoms with Crippen molar-refractivity contribution in [3.8, 4) is 0 Å². The number of imidazole rings is 1. The van der Waals surface area contributed by atoms with Crippen molar-refractivity contribution in [1.29, 1.82) is 0 Å². The molecule has 1 saturated heterocycles. The molecule has 0 amide bonds. The van der Waals surface area contributed by atoms with E-state index < -0.39 is 10.0 Å². The molecule has 0 unspecified atom stereocenters. The fourth-order valence-electron chi connectivity index (χ4n) is 1.87. The van der Waals surface area contributed by atoms with Gasteiger partial charge < -0.3 is 9.88 Å². The quantitative estimate of drug-likeness (QED) is 0.690. The van der Waals surface area contributed by atoms with Crippen LogP contribution in [0.5, 0.6) is 0 Å². The van der Waals surface area contributed by atoms with E-state index in [1.54, 1.807) is 11.6 Å². The smallest absolute Gasteiger partial charge is 0.259 e. The summed E-state index contributed by atoms with van der Waals surface area (Å²) >= 11 is 0. The van der Waals surface area contributed by atoms with Crippen molar-refractivity contribution >= 4 is 10.0 Å². The highest BCUT2D eigenvalue weighted by atomic mass is 32.2. The number of sulfonamides is 1. The highest BCUT2D eigenvalue weighted by Gasteiger charge is 2.17. The summed E-state index contributed by atoms with van der Waals surface area (Å²) in [5.74, 6) is 0. The molecule has 0 aliphatic carbocycles. The first-order valence-corrected chi connectivity index (χ1v) is 7.47. The summed E-state index contributed by atoms with van der Waals surface area (Å²) < 4.78 is 27.9. The van der Waals surface area contributed by atoms with Crippen LogP contribution < -0.4 is 10.0 Å². The van der Waals surface area contributed by atoms with Gasteiger partial charge in [-0.15, -0.1) is 0 Å². The number of aromatic nitrogens is 2. The maximum atomic E-state index is 11.9. The predicted octanol–water partition coefficient (Wildman–Crippen LogP) is -1.40. The lowest BCUT2D eigenvalue weighted by molar-refractivity contribution is 0.245. The molecule has 0 saturated carbocycles. The van der Waals surface area contributed by atoms with Gasteiger partial charge in [0.2, 0.25) is 0 Å². The summed E-state index contributed by atoms with van der Waals surface area (Å²) in [5, 5.41) is 3.33. The number of nitrogens with zero attached hydrogens (tertiary/aromatic N) is 3. The van der Waals surface area contributed by atoms with E-state index in [1.807, 2.05) is 0 Å². The van der Waals surface area contributed by atoms with Gasteiger partial charge in [-0.25, -0.2) is 18.1 Å². The van der Waals surface area contributed by atoms with Crippen molar-refractivity contribution in [3.05, 3.63) is 12.5 Å². The zero-order valence-electron chi connectivity index (χ0n) is 10.5. The van der Waals surface area contributed by atoms with Crippen LogP contribution in [0.25, 0.3) is 0 Å². The standard InChI is InChI=1S/C10H19N5O2S/c1-14-8-10(12-9-14)18(16,17)13-4-7-15-5-2-11-3-6-15/h8-9,11,13H,2-7H2,1H3. The summed E-state index contributed by atoms with van der Waals surface area (Å²) in [7, 11) is -1.72. The third kappa shape index (κ3) is 3.52. The van der Waals surface area contributed by atoms with Crippen LogP contribution >= 0.6 is 0 Å². The molecule has 2 N–H and O–H groups in total. The number of hydrogen-bond acceptors (Lipinski definition) is 5. The topological polar surface area (TPSA) is 79.3 Å². The van der Waals surface area contributed by atoms with Gasteiger partial charge in [0.05, 0.1) is 6.33 Å². The maximum Gasteiger partial charge on any atom is 0.259 e. The zero-order chi connectivity index (χ0) is 13.0. The Hall–Kier alpha value is -0.960. The average Bonchev–Trinajstić information content (AvgIpc) is 2.78. The molecule has 1 aliphatic heterocycles. The Bertz CT molecular complexity index is 478. The fourth-order valence-corrected chi connectivity index (χ4v) is 2.87. The van der Waals surface area contributed by atoms with E-state index in [0.717, 1.165) is 32.7 Å². The molecule has 0 radical (unpaired) electrons. The molecule has 0 spiro atoms. The molecule has 0 bridgehead atoms. The molecule has 102 valence electrons. The minimum absolute atomic E-state index is 0.0744. The van der Waals surface area contributed by atoms with Gasteiger partial charge in [-0.2, -0.15) is 0 Å². The first-order valence-electron chi connectivity index (χ1n) is 5.99. The van der Waals surface area contributed by atoms with Gasteiger partial charge in [-0.05, 0) is 0 Å². The Morgan fingerprint density at radius 2 is 2.17 bits per heavy atom. The lowest BCUT2D eigenvalue weighted by atomic mass is 10.3. The van der Waals surface area contributed by atoms with Crippen LogP contribution in [0.3, 0.4) is 0 Å². The van der Waals surface area contributed by atoms with Crippen LogP contribution in [-0.2, 0) is 17.1 Å². The zero-order valence-corrected chi connectivity index (χ0v) is 11.3. The van der Waals surface area contributed by atoms with Crippen molar-refractivity contribution in [2.45, 2.75) is 5.03 Å². The summed E-state index contributed by atoms with van der Waals surface area (Å²) in [6, 6.07) is 0. The van der Waals surface area contributed by atoms with Crippen molar-refractivity contribution in [2.24, 2.45) is 7.05 Å². The number of aryl methyl sites for hydroxylation is 1. The molecule has 1 fully saturated rings. The van der Waals surface area contributed by atoms with E-state index in [0.29, 0.717) is 6.54 Å². The predicted molar refractivity (Wildman–Crippen MR) is 67.7 cm³/mol. The van der Waals surface area contributed by atoms with Gasteiger partial charge >= 0.3 is 0 Å². The highest BCUT2D eigenvalue weighted by Crippen LogP contribution is 2.03. The van der Waals surface area contributed by atoms with E-state index in [1.165, 1.54) is 12.5 Å². The molecule has 7 nitrogen and oxygen atoms in total. The number of rotatable bonds is 5. The van der Waals surface area contributed by atoms with Gasteiger partial charge in [0, 0.05) is 52.5 Å². The van der Waals surface area contributed by atoms with E-state index in [2.05, 4.69) is 19.9 Å². The van der Waals surface area contributed by atoms with Gasteiger partial charge in [0.1, 0.15) is 0 Å². The Morgan fingerprint density at radius 3 is 2.78 bits per heavy atom. The van der Waals surface area contributed by atoms with Gasteiger partial charge in [-0.3, -0.25) is 4.90 Å². The second kappa shape index (κ2) is 5.79. The minimum atomic E-state index is -3.46. The Kier molecular flexibility index (Phi) is 4.33. The minimum Gasteiger partial charge on any atom is -0.339 e. The van der Waals surface area contributed by atoms with Crippen LogP contribution in [0.2, 0.25) is 0 Å². The Balaban J connectivity index is 1.82. The molecule has 1 aromatic heterocycles. The molecule has 18 heavy (non-hydrogen) atoms. The molecule has 0 aromatic carbocycles. The van der Waals surface area contributed by atoms with Crippen LogP contribution in [-0.4, -0.2) is 62.1 Å². The van der Waals surface area contributed by atoms with Crippen molar-refractivity contribution in [3.63, 3.8) is 0 Å².